The largest absolute Gasteiger partial charge is 0.294 e. The van der Waals surface area contributed by atoms with Gasteiger partial charge in [0.25, 0.3) is 0 Å². The first kappa shape index (κ1) is 12.5. The van der Waals surface area contributed by atoms with Crippen LogP contribution in [0.15, 0.2) is 24.3 Å². The van der Waals surface area contributed by atoms with Gasteiger partial charge in [0.2, 0.25) is 0 Å². The van der Waals surface area contributed by atoms with E-state index in [9.17, 15) is 18.0 Å². The number of ketones is 1. The lowest BCUT2D eigenvalue weighted by Crippen LogP contribution is -2.05. The zero-order chi connectivity index (χ0) is 12.3. The van der Waals surface area contributed by atoms with Crippen molar-refractivity contribution in [1.29, 1.82) is 0 Å². The molecule has 0 aromatic heterocycles. The molecule has 0 aliphatic carbocycles. The summed E-state index contributed by atoms with van der Waals surface area (Å²) in [6.45, 7) is 5.33. The van der Waals surface area contributed by atoms with Gasteiger partial charge in [-0.15, -0.1) is 6.58 Å². The van der Waals surface area contributed by atoms with Gasteiger partial charge in [0, 0.05) is 6.42 Å². The van der Waals surface area contributed by atoms with Crippen LogP contribution in [0.5, 0.6) is 0 Å². The molecule has 0 N–H and O–H groups in total. The van der Waals surface area contributed by atoms with Crippen LogP contribution in [0.25, 0.3) is 0 Å². The Morgan fingerprint density at radius 1 is 1.19 bits per heavy atom. The van der Waals surface area contributed by atoms with Gasteiger partial charge in [0.1, 0.15) is 0 Å². The van der Waals surface area contributed by atoms with Crippen LogP contribution in [0, 0.1) is 17.5 Å². The maximum Gasteiger partial charge on any atom is 0.195 e. The van der Waals surface area contributed by atoms with Crippen LogP contribution in [0.4, 0.5) is 13.2 Å². The van der Waals surface area contributed by atoms with Crippen LogP contribution >= 0.6 is 0 Å². The second kappa shape index (κ2) is 4.96. The zero-order valence-electron chi connectivity index (χ0n) is 8.82. The average molecular weight is 228 g/mol. The van der Waals surface area contributed by atoms with Crippen molar-refractivity contribution in [1.82, 2.24) is 0 Å². The number of allylic oxidation sites excluding steroid dienone is 1. The highest BCUT2D eigenvalue weighted by atomic mass is 19.2. The number of hydrogen-bond donors (Lipinski definition) is 0. The Morgan fingerprint density at radius 2 is 1.81 bits per heavy atom. The van der Waals surface area contributed by atoms with Gasteiger partial charge in [-0.1, -0.05) is 5.57 Å². The van der Waals surface area contributed by atoms with Gasteiger partial charge in [-0.25, -0.2) is 13.2 Å². The van der Waals surface area contributed by atoms with E-state index in [1.165, 1.54) is 0 Å². The SMILES string of the molecule is C=C(C)CCC(=O)c1ccc(F)c(F)c1F. The summed E-state index contributed by atoms with van der Waals surface area (Å²) in [5.74, 6) is -4.89. The number of benzene rings is 1. The first-order valence-corrected chi connectivity index (χ1v) is 4.74. The fraction of sp³-hybridized carbons (Fsp3) is 0.250. The van der Waals surface area contributed by atoms with Crippen molar-refractivity contribution >= 4 is 5.78 Å². The predicted octanol–water partition coefficient (Wildman–Crippen LogP) is 3.64. The van der Waals surface area contributed by atoms with E-state index in [0.717, 1.165) is 17.7 Å². The third-order valence-electron chi connectivity index (χ3n) is 2.11. The van der Waals surface area contributed by atoms with E-state index >= 15 is 0 Å². The molecular formula is C12H11F3O. The third-order valence-corrected chi connectivity index (χ3v) is 2.11. The Hall–Kier alpha value is -1.58. The molecular weight excluding hydrogens is 217 g/mol. The lowest BCUT2D eigenvalue weighted by Gasteiger charge is -2.03. The molecule has 0 aliphatic heterocycles. The Kier molecular flexibility index (Phi) is 3.88. The quantitative estimate of drug-likeness (QED) is 0.437. The number of Topliss-reactive ketones (excluding diaryl/α,β-unsaturated/α-hetero) is 1. The van der Waals surface area contributed by atoms with E-state index < -0.39 is 28.8 Å². The van der Waals surface area contributed by atoms with Crippen LogP contribution in [-0.4, -0.2) is 5.78 Å². The number of rotatable bonds is 4. The summed E-state index contributed by atoms with van der Waals surface area (Å²) in [6, 6.07) is 1.70. The minimum absolute atomic E-state index is 0.0390. The highest BCUT2D eigenvalue weighted by Crippen LogP contribution is 2.17. The van der Waals surface area contributed by atoms with Gasteiger partial charge >= 0.3 is 0 Å². The van der Waals surface area contributed by atoms with Gasteiger partial charge < -0.3 is 0 Å². The lowest BCUT2D eigenvalue weighted by atomic mass is 10.0. The first-order chi connectivity index (χ1) is 7.43. The summed E-state index contributed by atoms with van der Waals surface area (Å²) in [5.41, 5.74) is 0.358. The number of carbonyl (C=O) groups excluding carboxylic acids is 1. The van der Waals surface area contributed by atoms with Crippen LogP contribution < -0.4 is 0 Å². The monoisotopic (exact) mass is 228 g/mol. The third kappa shape index (κ3) is 2.72. The summed E-state index contributed by atoms with van der Waals surface area (Å²) >= 11 is 0. The van der Waals surface area contributed by atoms with Crippen molar-refractivity contribution in [2.75, 3.05) is 0 Å². The zero-order valence-corrected chi connectivity index (χ0v) is 8.82. The van der Waals surface area contributed by atoms with Gasteiger partial charge in [0.05, 0.1) is 5.56 Å². The van der Waals surface area contributed by atoms with Gasteiger partial charge in [-0.2, -0.15) is 0 Å². The molecule has 0 heterocycles. The summed E-state index contributed by atoms with van der Waals surface area (Å²) in [6.07, 6.45) is 0.439. The molecule has 0 amide bonds. The molecule has 0 bridgehead atoms. The molecule has 0 fully saturated rings. The maximum absolute atomic E-state index is 13.2. The molecule has 0 unspecified atom stereocenters. The highest BCUT2D eigenvalue weighted by Gasteiger charge is 2.18. The van der Waals surface area contributed by atoms with Crippen LogP contribution in [0.1, 0.15) is 30.1 Å². The number of carbonyl (C=O) groups is 1. The fourth-order valence-corrected chi connectivity index (χ4v) is 1.20. The summed E-state index contributed by atoms with van der Waals surface area (Å²) in [7, 11) is 0. The van der Waals surface area contributed by atoms with Crippen LogP contribution in [0.2, 0.25) is 0 Å². The summed E-state index contributed by atoms with van der Waals surface area (Å²) in [5, 5.41) is 0. The van der Waals surface area contributed by atoms with Crippen molar-refractivity contribution in [2.45, 2.75) is 19.8 Å². The van der Waals surface area contributed by atoms with E-state index in [1.54, 1.807) is 6.92 Å². The second-order valence-corrected chi connectivity index (χ2v) is 3.60. The molecule has 0 radical (unpaired) electrons. The molecule has 0 atom stereocenters. The van der Waals surface area contributed by atoms with Crippen LogP contribution in [0.3, 0.4) is 0 Å². The van der Waals surface area contributed by atoms with Gasteiger partial charge in [-0.3, -0.25) is 4.79 Å². The molecule has 0 saturated heterocycles. The molecule has 16 heavy (non-hydrogen) atoms. The minimum atomic E-state index is -1.61. The minimum Gasteiger partial charge on any atom is -0.294 e. The van der Waals surface area contributed by atoms with E-state index in [0.29, 0.717) is 6.42 Å². The fourth-order valence-electron chi connectivity index (χ4n) is 1.20. The van der Waals surface area contributed by atoms with E-state index in [-0.39, 0.29) is 6.42 Å². The molecule has 1 aromatic carbocycles. The first-order valence-electron chi connectivity index (χ1n) is 4.74. The molecule has 0 saturated carbocycles. The van der Waals surface area contributed by atoms with Crippen molar-refractivity contribution < 1.29 is 18.0 Å². The highest BCUT2D eigenvalue weighted by molar-refractivity contribution is 5.96. The normalized spacial score (nSPS) is 10.2. The number of hydrogen-bond acceptors (Lipinski definition) is 1. The van der Waals surface area contributed by atoms with Crippen molar-refractivity contribution in [2.24, 2.45) is 0 Å². The molecule has 4 heteroatoms. The lowest BCUT2D eigenvalue weighted by molar-refractivity contribution is 0.0977. The second-order valence-electron chi connectivity index (χ2n) is 3.60. The maximum atomic E-state index is 13.2. The topological polar surface area (TPSA) is 17.1 Å². The molecule has 86 valence electrons. The molecule has 0 spiro atoms. The summed E-state index contributed by atoms with van der Waals surface area (Å²) < 4.78 is 38.6. The van der Waals surface area contributed by atoms with Gasteiger partial charge in [-0.05, 0) is 25.5 Å². The van der Waals surface area contributed by atoms with E-state index in [1.807, 2.05) is 0 Å². The Balaban J connectivity index is 2.92. The Bertz CT molecular complexity index is 438. The molecule has 1 nitrogen and oxygen atoms in total. The molecule has 1 aromatic rings. The van der Waals surface area contributed by atoms with Crippen molar-refractivity contribution in [3.8, 4) is 0 Å². The predicted molar refractivity (Wildman–Crippen MR) is 54.7 cm³/mol. The smallest absolute Gasteiger partial charge is 0.195 e. The Morgan fingerprint density at radius 3 is 2.38 bits per heavy atom. The van der Waals surface area contributed by atoms with Crippen molar-refractivity contribution in [3.63, 3.8) is 0 Å². The van der Waals surface area contributed by atoms with E-state index in [2.05, 4.69) is 6.58 Å². The van der Waals surface area contributed by atoms with E-state index in [4.69, 9.17) is 0 Å². The molecule has 1 rings (SSSR count). The summed E-state index contributed by atoms with van der Waals surface area (Å²) in [4.78, 5) is 11.5. The number of halogens is 3. The molecule has 0 aliphatic rings. The van der Waals surface area contributed by atoms with Gasteiger partial charge in [0.15, 0.2) is 23.2 Å². The standard InChI is InChI=1S/C12H11F3O/c1-7(2)3-6-10(16)8-4-5-9(13)12(15)11(8)14/h4-5H,1,3,6H2,2H3. The Labute approximate surface area is 91.6 Å². The van der Waals surface area contributed by atoms with Crippen molar-refractivity contribution in [3.05, 3.63) is 47.3 Å². The van der Waals surface area contributed by atoms with Crippen LogP contribution in [-0.2, 0) is 0 Å². The average Bonchev–Trinajstić information content (AvgIpc) is 2.23.